The summed E-state index contributed by atoms with van der Waals surface area (Å²) in [6.07, 6.45) is 9.43. The van der Waals surface area contributed by atoms with Gasteiger partial charge in [-0.15, -0.1) is 0 Å². The Morgan fingerprint density at radius 1 is 0.906 bits per heavy atom. The van der Waals surface area contributed by atoms with E-state index in [0.29, 0.717) is 0 Å². The Morgan fingerprint density at radius 3 is 2.38 bits per heavy atom. The number of hydrogen-bond donors (Lipinski definition) is 0. The average Bonchev–Trinajstić information content (AvgIpc) is 2.83. The standard InChI is InChI=1S/C26H37N5O/c1-3-4-5-6-7-13-29-15-17-30(18-16-29)26-24-12-14-31(19-25(24)27-20-28-26)23-10-8-22(9-11-23)21(2)32/h8-11,20H,3-7,12-19H2,1-2H3. The summed E-state index contributed by atoms with van der Waals surface area (Å²) in [5.41, 5.74) is 4.36. The van der Waals surface area contributed by atoms with Gasteiger partial charge in [0.15, 0.2) is 5.78 Å². The summed E-state index contributed by atoms with van der Waals surface area (Å²) in [4.78, 5) is 28.3. The zero-order valence-corrected chi connectivity index (χ0v) is 19.7. The number of Topliss-reactive ketones (excluding diaryl/α,β-unsaturated/α-hetero) is 1. The zero-order chi connectivity index (χ0) is 22.3. The first-order chi connectivity index (χ1) is 15.7. The van der Waals surface area contributed by atoms with Gasteiger partial charge < -0.3 is 9.80 Å². The number of carbonyl (C=O) groups excluding carboxylic acids is 1. The van der Waals surface area contributed by atoms with E-state index in [2.05, 4.69) is 26.6 Å². The normalized spacial score (nSPS) is 16.8. The quantitative estimate of drug-likeness (QED) is 0.432. The van der Waals surface area contributed by atoms with Crippen LogP contribution in [-0.4, -0.2) is 59.9 Å². The molecule has 0 radical (unpaired) electrons. The van der Waals surface area contributed by atoms with Crippen molar-refractivity contribution in [1.82, 2.24) is 14.9 Å². The highest BCUT2D eigenvalue weighted by Crippen LogP contribution is 2.29. The minimum Gasteiger partial charge on any atom is -0.365 e. The van der Waals surface area contributed by atoms with E-state index in [-0.39, 0.29) is 5.78 Å². The van der Waals surface area contributed by atoms with Crippen LogP contribution >= 0.6 is 0 Å². The van der Waals surface area contributed by atoms with Crippen molar-refractivity contribution in [2.45, 2.75) is 58.9 Å². The molecule has 6 nitrogen and oxygen atoms in total. The molecule has 0 saturated carbocycles. The first-order valence-corrected chi connectivity index (χ1v) is 12.3. The number of fused-ring (bicyclic) bond motifs is 1. The van der Waals surface area contributed by atoms with E-state index >= 15 is 0 Å². The number of hydrogen-bond acceptors (Lipinski definition) is 6. The van der Waals surface area contributed by atoms with Crippen LogP contribution in [0.4, 0.5) is 11.5 Å². The number of rotatable bonds is 9. The van der Waals surface area contributed by atoms with Crippen molar-refractivity contribution >= 4 is 17.3 Å². The topological polar surface area (TPSA) is 52.6 Å². The van der Waals surface area contributed by atoms with Gasteiger partial charge >= 0.3 is 0 Å². The van der Waals surface area contributed by atoms with Crippen molar-refractivity contribution < 1.29 is 4.79 Å². The van der Waals surface area contributed by atoms with E-state index in [1.165, 1.54) is 44.2 Å². The lowest BCUT2D eigenvalue weighted by Crippen LogP contribution is -2.47. The second kappa shape index (κ2) is 10.9. The fraction of sp³-hybridized carbons (Fsp3) is 0.577. The van der Waals surface area contributed by atoms with Crippen LogP contribution in [0, 0.1) is 0 Å². The summed E-state index contributed by atoms with van der Waals surface area (Å²) in [5.74, 6) is 1.25. The van der Waals surface area contributed by atoms with Crippen molar-refractivity contribution in [3.63, 3.8) is 0 Å². The number of anilines is 2. The third kappa shape index (κ3) is 5.47. The molecule has 0 atom stereocenters. The van der Waals surface area contributed by atoms with Gasteiger partial charge in [-0.3, -0.25) is 9.69 Å². The van der Waals surface area contributed by atoms with E-state index in [1.54, 1.807) is 13.3 Å². The second-order valence-electron chi connectivity index (χ2n) is 9.14. The molecule has 1 saturated heterocycles. The number of aromatic nitrogens is 2. The van der Waals surface area contributed by atoms with E-state index < -0.39 is 0 Å². The fourth-order valence-electron chi connectivity index (χ4n) is 4.86. The number of benzene rings is 1. The van der Waals surface area contributed by atoms with Gasteiger partial charge in [-0.05, 0) is 50.6 Å². The molecule has 4 rings (SSSR count). The highest BCUT2D eigenvalue weighted by molar-refractivity contribution is 5.94. The summed E-state index contributed by atoms with van der Waals surface area (Å²) in [6.45, 7) is 11.2. The lowest BCUT2D eigenvalue weighted by Gasteiger charge is -2.38. The van der Waals surface area contributed by atoms with Crippen LogP contribution in [0.3, 0.4) is 0 Å². The second-order valence-corrected chi connectivity index (χ2v) is 9.14. The average molecular weight is 436 g/mol. The predicted molar refractivity (Wildman–Crippen MR) is 131 cm³/mol. The molecule has 2 aliphatic heterocycles. The number of carbonyl (C=O) groups is 1. The minimum absolute atomic E-state index is 0.106. The summed E-state index contributed by atoms with van der Waals surface area (Å²) >= 11 is 0. The van der Waals surface area contributed by atoms with Crippen LogP contribution in [0.1, 0.15) is 67.6 Å². The molecule has 6 heteroatoms. The Labute approximate surface area is 192 Å². The minimum atomic E-state index is 0.106. The smallest absolute Gasteiger partial charge is 0.159 e. The van der Waals surface area contributed by atoms with Crippen molar-refractivity contribution in [2.24, 2.45) is 0 Å². The molecule has 1 aromatic carbocycles. The highest BCUT2D eigenvalue weighted by atomic mass is 16.1. The van der Waals surface area contributed by atoms with Crippen molar-refractivity contribution in [3.8, 4) is 0 Å². The summed E-state index contributed by atoms with van der Waals surface area (Å²) < 4.78 is 0. The van der Waals surface area contributed by atoms with Gasteiger partial charge in [-0.25, -0.2) is 9.97 Å². The van der Waals surface area contributed by atoms with Crippen LogP contribution in [0.5, 0.6) is 0 Å². The first-order valence-electron chi connectivity index (χ1n) is 12.3. The van der Waals surface area contributed by atoms with Gasteiger partial charge in [-0.1, -0.05) is 32.6 Å². The van der Waals surface area contributed by atoms with Crippen LogP contribution in [0.2, 0.25) is 0 Å². The first kappa shape index (κ1) is 22.7. The third-order valence-corrected chi connectivity index (χ3v) is 6.87. The van der Waals surface area contributed by atoms with Crippen molar-refractivity contribution in [1.29, 1.82) is 0 Å². The van der Waals surface area contributed by atoms with E-state index in [0.717, 1.165) is 68.5 Å². The molecule has 0 unspecified atom stereocenters. The maximum absolute atomic E-state index is 11.6. The monoisotopic (exact) mass is 435 g/mol. The Balaban J connectivity index is 1.34. The molecule has 3 heterocycles. The maximum atomic E-state index is 11.6. The molecule has 2 aromatic rings. The fourth-order valence-corrected chi connectivity index (χ4v) is 4.86. The molecule has 0 aliphatic carbocycles. The largest absolute Gasteiger partial charge is 0.365 e. The molecule has 2 aliphatic rings. The molecule has 32 heavy (non-hydrogen) atoms. The van der Waals surface area contributed by atoms with Crippen LogP contribution in [0.25, 0.3) is 0 Å². The Bertz CT molecular complexity index is 890. The Morgan fingerprint density at radius 2 is 1.66 bits per heavy atom. The Hall–Kier alpha value is -2.47. The van der Waals surface area contributed by atoms with Crippen molar-refractivity contribution in [2.75, 3.05) is 49.1 Å². The molecule has 0 amide bonds. The SMILES string of the molecule is CCCCCCCN1CCN(c2ncnc3c2CCN(c2ccc(C(C)=O)cc2)C3)CC1. The maximum Gasteiger partial charge on any atom is 0.159 e. The number of nitrogens with zero attached hydrogens (tertiary/aromatic N) is 5. The van der Waals surface area contributed by atoms with Gasteiger partial charge in [0.25, 0.3) is 0 Å². The number of piperazine rings is 1. The molecular weight excluding hydrogens is 398 g/mol. The van der Waals surface area contributed by atoms with Gasteiger partial charge in [0.2, 0.25) is 0 Å². The summed E-state index contributed by atoms with van der Waals surface area (Å²) in [6, 6.07) is 7.93. The zero-order valence-electron chi connectivity index (χ0n) is 19.7. The molecule has 1 aromatic heterocycles. The van der Waals surface area contributed by atoms with E-state index in [9.17, 15) is 4.79 Å². The predicted octanol–water partition coefficient (Wildman–Crippen LogP) is 4.33. The molecular formula is C26H37N5O. The molecule has 172 valence electrons. The van der Waals surface area contributed by atoms with E-state index in [1.807, 2.05) is 24.3 Å². The van der Waals surface area contributed by atoms with Gasteiger partial charge in [0, 0.05) is 49.5 Å². The van der Waals surface area contributed by atoms with Crippen LogP contribution in [-0.2, 0) is 13.0 Å². The number of ketones is 1. The Kier molecular flexibility index (Phi) is 7.74. The molecule has 0 spiro atoms. The highest BCUT2D eigenvalue weighted by Gasteiger charge is 2.26. The van der Waals surface area contributed by atoms with E-state index in [4.69, 9.17) is 4.98 Å². The van der Waals surface area contributed by atoms with Gasteiger partial charge in [0.05, 0.1) is 12.2 Å². The third-order valence-electron chi connectivity index (χ3n) is 6.87. The summed E-state index contributed by atoms with van der Waals surface area (Å²) in [5, 5.41) is 0. The molecule has 1 fully saturated rings. The molecule has 0 N–H and O–H groups in total. The summed E-state index contributed by atoms with van der Waals surface area (Å²) in [7, 11) is 0. The van der Waals surface area contributed by atoms with Gasteiger partial charge in [-0.2, -0.15) is 0 Å². The number of unbranched alkanes of at least 4 members (excludes halogenated alkanes) is 4. The van der Waals surface area contributed by atoms with Gasteiger partial charge in [0.1, 0.15) is 12.1 Å². The molecule has 0 bridgehead atoms. The lowest BCUT2D eigenvalue weighted by atomic mass is 10.0. The lowest BCUT2D eigenvalue weighted by molar-refractivity contribution is 0.101. The van der Waals surface area contributed by atoms with Crippen LogP contribution < -0.4 is 9.80 Å². The van der Waals surface area contributed by atoms with Crippen molar-refractivity contribution in [3.05, 3.63) is 47.4 Å². The van der Waals surface area contributed by atoms with Crippen LogP contribution in [0.15, 0.2) is 30.6 Å².